The number of fused-ring (bicyclic) bond motifs is 1. The topological polar surface area (TPSA) is 58.6 Å². The van der Waals surface area contributed by atoms with Crippen LogP contribution in [0.1, 0.15) is 48.5 Å². The first-order valence-corrected chi connectivity index (χ1v) is 9.08. The summed E-state index contributed by atoms with van der Waals surface area (Å²) in [5.41, 5.74) is 2.17. The summed E-state index contributed by atoms with van der Waals surface area (Å²) in [7, 11) is 0. The Morgan fingerprint density at radius 3 is 2.68 bits per heavy atom. The second-order valence-electron chi connectivity index (χ2n) is 7.27. The maximum absolute atomic E-state index is 12.5. The third-order valence-corrected chi connectivity index (χ3v) is 6.11. The van der Waals surface area contributed by atoms with E-state index < -0.39 is 0 Å². The SMILES string of the molecule is C=C1c2ccccc2C(=O)N1CC(=O)N[C@H]1C[C@H](OCC)C12CCC2. The van der Waals surface area contributed by atoms with Gasteiger partial charge in [0.25, 0.3) is 5.91 Å². The number of ether oxygens (including phenoxy) is 1. The zero-order valence-corrected chi connectivity index (χ0v) is 14.6. The average molecular weight is 340 g/mol. The molecule has 2 amide bonds. The summed E-state index contributed by atoms with van der Waals surface area (Å²) in [4.78, 5) is 26.5. The van der Waals surface area contributed by atoms with Crippen molar-refractivity contribution in [3.63, 3.8) is 0 Å². The van der Waals surface area contributed by atoms with E-state index in [-0.39, 0.29) is 35.9 Å². The minimum absolute atomic E-state index is 0.0260. The van der Waals surface area contributed by atoms with Crippen LogP contribution < -0.4 is 5.32 Å². The van der Waals surface area contributed by atoms with Crippen LogP contribution in [-0.2, 0) is 9.53 Å². The highest BCUT2D eigenvalue weighted by Gasteiger charge is 2.59. The highest BCUT2D eigenvalue weighted by atomic mass is 16.5. The predicted octanol–water partition coefficient (Wildman–Crippen LogP) is 2.58. The molecule has 0 saturated heterocycles. The number of rotatable bonds is 5. The van der Waals surface area contributed by atoms with Gasteiger partial charge in [-0.2, -0.15) is 0 Å². The summed E-state index contributed by atoms with van der Waals surface area (Å²) in [6.45, 7) is 6.75. The van der Waals surface area contributed by atoms with E-state index in [0.717, 1.165) is 24.8 Å². The van der Waals surface area contributed by atoms with Crippen LogP contribution in [0.25, 0.3) is 5.70 Å². The lowest BCUT2D eigenvalue weighted by molar-refractivity contribution is -0.175. The summed E-state index contributed by atoms with van der Waals surface area (Å²) in [6, 6.07) is 7.52. The molecule has 2 saturated carbocycles. The molecule has 3 aliphatic rings. The molecule has 1 aliphatic heterocycles. The lowest BCUT2D eigenvalue weighted by atomic mass is 9.51. The van der Waals surface area contributed by atoms with Gasteiger partial charge in [-0.1, -0.05) is 31.2 Å². The lowest BCUT2D eigenvalue weighted by Crippen LogP contribution is -2.68. The molecule has 0 aromatic heterocycles. The molecule has 5 heteroatoms. The van der Waals surface area contributed by atoms with Crippen molar-refractivity contribution in [1.29, 1.82) is 0 Å². The zero-order chi connectivity index (χ0) is 17.6. The van der Waals surface area contributed by atoms with Gasteiger partial charge >= 0.3 is 0 Å². The van der Waals surface area contributed by atoms with E-state index in [2.05, 4.69) is 11.9 Å². The van der Waals surface area contributed by atoms with Gasteiger partial charge in [-0.05, 0) is 32.3 Å². The number of hydrogen-bond acceptors (Lipinski definition) is 3. The monoisotopic (exact) mass is 340 g/mol. The van der Waals surface area contributed by atoms with Crippen LogP contribution in [0.5, 0.6) is 0 Å². The number of benzene rings is 1. The first-order valence-electron chi connectivity index (χ1n) is 9.08. The molecule has 5 nitrogen and oxygen atoms in total. The molecule has 1 aromatic carbocycles. The molecule has 2 atom stereocenters. The normalized spacial score (nSPS) is 26.2. The number of carbonyl (C=O) groups excluding carboxylic acids is 2. The number of nitrogens with one attached hydrogen (secondary N) is 1. The maximum atomic E-state index is 12.5. The molecule has 1 N–H and O–H groups in total. The van der Waals surface area contributed by atoms with E-state index >= 15 is 0 Å². The first-order chi connectivity index (χ1) is 12.1. The van der Waals surface area contributed by atoms with Crippen LogP contribution in [0, 0.1) is 5.41 Å². The molecule has 25 heavy (non-hydrogen) atoms. The molecular formula is C20H24N2O3. The van der Waals surface area contributed by atoms with E-state index in [1.807, 2.05) is 25.1 Å². The lowest BCUT2D eigenvalue weighted by Gasteiger charge is -2.61. The van der Waals surface area contributed by atoms with Crippen LogP contribution >= 0.6 is 0 Å². The molecule has 1 spiro atoms. The van der Waals surface area contributed by atoms with Gasteiger partial charge in [0.2, 0.25) is 5.91 Å². The van der Waals surface area contributed by atoms with Gasteiger partial charge in [-0.25, -0.2) is 0 Å². The fourth-order valence-corrected chi connectivity index (χ4v) is 4.53. The van der Waals surface area contributed by atoms with Crippen molar-refractivity contribution in [2.45, 2.75) is 44.8 Å². The Morgan fingerprint density at radius 2 is 2.08 bits per heavy atom. The number of amides is 2. The summed E-state index contributed by atoms with van der Waals surface area (Å²) >= 11 is 0. The average Bonchev–Trinajstić information content (AvgIpc) is 2.78. The van der Waals surface area contributed by atoms with Gasteiger partial charge in [0.15, 0.2) is 0 Å². The second kappa shape index (κ2) is 5.99. The fraction of sp³-hybridized carbons (Fsp3) is 0.500. The molecule has 2 aliphatic carbocycles. The zero-order valence-electron chi connectivity index (χ0n) is 14.6. The summed E-state index contributed by atoms with van der Waals surface area (Å²) in [6.07, 6.45) is 4.57. The van der Waals surface area contributed by atoms with Gasteiger partial charge in [0.1, 0.15) is 6.54 Å². The van der Waals surface area contributed by atoms with Crippen molar-refractivity contribution >= 4 is 17.5 Å². The minimum Gasteiger partial charge on any atom is -0.378 e. The van der Waals surface area contributed by atoms with E-state index in [4.69, 9.17) is 4.74 Å². The molecule has 4 rings (SSSR count). The summed E-state index contributed by atoms with van der Waals surface area (Å²) < 4.78 is 5.83. The van der Waals surface area contributed by atoms with Gasteiger partial charge in [0, 0.05) is 34.9 Å². The Labute approximate surface area is 148 Å². The molecule has 2 fully saturated rings. The molecule has 0 bridgehead atoms. The highest BCUT2D eigenvalue weighted by Crippen LogP contribution is 2.57. The van der Waals surface area contributed by atoms with Gasteiger partial charge < -0.3 is 10.1 Å². The van der Waals surface area contributed by atoms with E-state index in [0.29, 0.717) is 17.9 Å². The molecule has 1 aromatic rings. The molecular weight excluding hydrogens is 316 g/mol. The van der Waals surface area contributed by atoms with Crippen molar-refractivity contribution in [3.05, 3.63) is 42.0 Å². The second-order valence-corrected chi connectivity index (χ2v) is 7.27. The fourth-order valence-electron chi connectivity index (χ4n) is 4.53. The van der Waals surface area contributed by atoms with E-state index in [1.54, 1.807) is 6.07 Å². The van der Waals surface area contributed by atoms with Gasteiger partial charge in [0.05, 0.1) is 6.10 Å². The van der Waals surface area contributed by atoms with Gasteiger partial charge in [-0.3, -0.25) is 14.5 Å². The Hall–Kier alpha value is -2.14. The van der Waals surface area contributed by atoms with E-state index in [9.17, 15) is 9.59 Å². The third-order valence-electron chi connectivity index (χ3n) is 6.11. The third kappa shape index (κ3) is 2.41. The summed E-state index contributed by atoms with van der Waals surface area (Å²) in [5, 5.41) is 3.14. The number of nitrogens with zero attached hydrogens (tertiary/aromatic N) is 1. The Kier molecular flexibility index (Phi) is 3.91. The first kappa shape index (κ1) is 16.3. The van der Waals surface area contributed by atoms with Crippen molar-refractivity contribution < 1.29 is 14.3 Å². The molecule has 0 radical (unpaired) electrons. The van der Waals surface area contributed by atoms with Crippen molar-refractivity contribution in [3.8, 4) is 0 Å². The smallest absolute Gasteiger partial charge is 0.259 e. The van der Waals surface area contributed by atoms with Crippen LogP contribution in [0.3, 0.4) is 0 Å². The molecule has 1 heterocycles. The molecule has 0 unspecified atom stereocenters. The van der Waals surface area contributed by atoms with Crippen LogP contribution in [0.4, 0.5) is 0 Å². The minimum atomic E-state index is -0.144. The standard InChI is InChI=1S/C20H24N2O3/c1-3-25-17-11-16(20(17)9-6-10-20)21-18(23)12-22-13(2)14-7-4-5-8-15(14)19(22)24/h4-5,7-8,16-17H,2-3,6,9-12H2,1H3,(H,21,23)/t16-,17-/m0/s1. The van der Waals surface area contributed by atoms with Crippen LogP contribution in [-0.4, -0.2) is 42.0 Å². The Balaban J connectivity index is 1.39. The maximum Gasteiger partial charge on any atom is 0.259 e. The van der Waals surface area contributed by atoms with Crippen molar-refractivity contribution in [2.75, 3.05) is 13.2 Å². The molecule has 132 valence electrons. The number of carbonyl (C=O) groups is 2. The Bertz CT molecular complexity index is 703. The van der Waals surface area contributed by atoms with Crippen molar-refractivity contribution in [2.24, 2.45) is 5.41 Å². The largest absolute Gasteiger partial charge is 0.378 e. The Morgan fingerprint density at radius 1 is 1.36 bits per heavy atom. The van der Waals surface area contributed by atoms with Crippen LogP contribution in [0.15, 0.2) is 30.8 Å². The van der Waals surface area contributed by atoms with Crippen LogP contribution in [0.2, 0.25) is 0 Å². The number of hydrogen-bond donors (Lipinski definition) is 1. The van der Waals surface area contributed by atoms with Crippen molar-refractivity contribution in [1.82, 2.24) is 10.2 Å². The van der Waals surface area contributed by atoms with E-state index in [1.165, 1.54) is 11.3 Å². The summed E-state index contributed by atoms with van der Waals surface area (Å²) in [5.74, 6) is -0.261. The quantitative estimate of drug-likeness (QED) is 0.896. The van der Waals surface area contributed by atoms with Gasteiger partial charge in [-0.15, -0.1) is 0 Å². The highest BCUT2D eigenvalue weighted by molar-refractivity contribution is 6.10. The predicted molar refractivity (Wildman–Crippen MR) is 94.8 cm³/mol.